The summed E-state index contributed by atoms with van der Waals surface area (Å²) in [7, 11) is 0. The molecule has 0 atom stereocenters. The Bertz CT molecular complexity index is 878. The number of carbonyl (C=O) groups excluding carboxylic acids is 2. The molecule has 0 aliphatic carbocycles. The number of hydrogen-bond acceptors (Lipinski definition) is 3. The molecule has 3 rings (SSSR count). The fourth-order valence-corrected chi connectivity index (χ4v) is 2.51. The van der Waals surface area contributed by atoms with Crippen LogP contribution in [0.5, 0.6) is 0 Å². The quantitative estimate of drug-likeness (QED) is 0.728. The molecular formula is C20H19N3O2. The maximum Gasteiger partial charge on any atom is 0.251 e. The summed E-state index contributed by atoms with van der Waals surface area (Å²) in [5.74, 6) is -0.275. The van der Waals surface area contributed by atoms with Crippen LogP contribution in [-0.4, -0.2) is 23.3 Å². The standard InChI is InChI=1S/C20H19N3O2/c24-19(23-14-15-7-10-21-11-8-15)9-12-22-20(25)18-6-5-16-3-1-2-4-17(16)13-18/h1-8,10-11,13H,9,12,14H2,(H,22,25)(H,23,24). The summed E-state index contributed by atoms with van der Waals surface area (Å²) in [4.78, 5) is 28.0. The molecule has 2 amide bonds. The maximum absolute atomic E-state index is 12.2. The van der Waals surface area contributed by atoms with Crippen LogP contribution >= 0.6 is 0 Å². The molecule has 1 aromatic heterocycles. The molecule has 0 fully saturated rings. The van der Waals surface area contributed by atoms with Crippen molar-refractivity contribution in [2.24, 2.45) is 0 Å². The number of fused-ring (bicyclic) bond motifs is 1. The minimum atomic E-state index is -0.173. The number of amides is 2. The van der Waals surface area contributed by atoms with Crippen LogP contribution in [0, 0.1) is 0 Å². The molecule has 5 heteroatoms. The number of benzene rings is 2. The van der Waals surface area contributed by atoms with E-state index in [4.69, 9.17) is 0 Å². The van der Waals surface area contributed by atoms with Crippen LogP contribution < -0.4 is 10.6 Å². The molecule has 0 unspecified atom stereocenters. The van der Waals surface area contributed by atoms with Gasteiger partial charge >= 0.3 is 0 Å². The predicted molar refractivity (Wildman–Crippen MR) is 97.0 cm³/mol. The van der Waals surface area contributed by atoms with Gasteiger partial charge in [0, 0.05) is 37.5 Å². The Morgan fingerprint density at radius 2 is 1.64 bits per heavy atom. The first kappa shape index (κ1) is 16.6. The van der Waals surface area contributed by atoms with Crippen molar-refractivity contribution in [3.63, 3.8) is 0 Å². The van der Waals surface area contributed by atoms with Gasteiger partial charge in [-0.25, -0.2) is 0 Å². The van der Waals surface area contributed by atoms with Crippen LogP contribution in [0.25, 0.3) is 10.8 Å². The van der Waals surface area contributed by atoms with Gasteiger partial charge in [-0.1, -0.05) is 30.3 Å². The third kappa shape index (κ3) is 4.64. The summed E-state index contributed by atoms with van der Waals surface area (Å²) in [6.07, 6.45) is 3.61. The maximum atomic E-state index is 12.2. The lowest BCUT2D eigenvalue weighted by molar-refractivity contribution is -0.121. The van der Waals surface area contributed by atoms with Gasteiger partial charge in [0.2, 0.25) is 5.91 Å². The molecule has 0 radical (unpaired) electrons. The molecule has 1 heterocycles. The Labute approximate surface area is 146 Å². The van der Waals surface area contributed by atoms with Gasteiger partial charge in [0.05, 0.1) is 0 Å². The molecule has 0 bridgehead atoms. The van der Waals surface area contributed by atoms with Crippen molar-refractivity contribution >= 4 is 22.6 Å². The molecule has 3 aromatic rings. The fraction of sp³-hybridized carbons (Fsp3) is 0.150. The Balaban J connectivity index is 1.46. The molecule has 0 aliphatic rings. The highest BCUT2D eigenvalue weighted by atomic mass is 16.2. The monoisotopic (exact) mass is 333 g/mol. The van der Waals surface area contributed by atoms with Gasteiger partial charge in [0.1, 0.15) is 0 Å². The summed E-state index contributed by atoms with van der Waals surface area (Å²) < 4.78 is 0. The van der Waals surface area contributed by atoms with E-state index in [-0.39, 0.29) is 18.2 Å². The lowest BCUT2D eigenvalue weighted by Crippen LogP contribution is -2.30. The molecule has 0 spiro atoms. The predicted octanol–water partition coefficient (Wildman–Crippen LogP) is 2.67. The first-order valence-electron chi connectivity index (χ1n) is 8.15. The second kappa shape index (κ2) is 8.06. The van der Waals surface area contributed by atoms with Gasteiger partial charge < -0.3 is 10.6 Å². The van der Waals surface area contributed by atoms with Gasteiger partial charge in [0.25, 0.3) is 5.91 Å². The molecule has 2 aromatic carbocycles. The van der Waals surface area contributed by atoms with Gasteiger partial charge in [-0.05, 0) is 40.6 Å². The van der Waals surface area contributed by atoms with Crippen LogP contribution in [-0.2, 0) is 11.3 Å². The number of carbonyl (C=O) groups is 2. The highest BCUT2D eigenvalue weighted by Gasteiger charge is 2.07. The van der Waals surface area contributed by atoms with Crippen molar-refractivity contribution in [2.75, 3.05) is 6.54 Å². The largest absolute Gasteiger partial charge is 0.352 e. The van der Waals surface area contributed by atoms with Crippen LogP contribution in [0.1, 0.15) is 22.3 Å². The van der Waals surface area contributed by atoms with Crippen molar-refractivity contribution in [1.29, 1.82) is 0 Å². The van der Waals surface area contributed by atoms with Gasteiger partial charge in [-0.3, -0.25) is 14.6 Å². The summed E-state index contributed by atoms with van der Waals surface area (Å²) in [6.45, 7) is 0.758. The minimum absolute atomic E-state index is 0.101. The fourth-order valence-electron chi connectivity index (χ4n) is 2.51. The van der Waals surface area contributed by atoms with E-state index >= 15 is 0 Å². The number of aromatic nitrogens is 1. The van der Waals surface area contributed by atoms with E-state index in [0.717, 1.165) is 16.3 Å². The van der Waals surface area contributed by atoms with E-state index in [1.54, 1.807) is 18.5 Å². The number of nitrogens with one attached hydrogen (secondary N) is 2. The Hall–Kier alpha value is -3.21. The molecule has 5 nitrogen and oxygen atoms in total. The Kier molecular flexibility index (Phi) is 5.36. The third-order valence-corrected chi connectivity index (χ3v) is 3.89. The molecule has 0 aliphatic heterocycles. The summed E-state index contributed by atoms with van der Waals surface area (Å²) >= 11 is 0. The summed E-state index contributed by atoms with van der Waals surface area (Å²) in [6, 6.07) is 17.2. The Morgan fingerprint density at radius 3 is 2.44 bits per heavy atom. The third-order valence-electron chi connectivity index (χ3n) is 3.89. The molecule has 2 N–H and O–H groups in total. The Morgan fingerprint density at radius 1 is 0.880 bits per heavy atom. The number of hydrogen-bond donors (Lipinski definition) is 2. The lowest BCUT2D eigenvalue weighted by atomic mass is 10.1. The first-order chi connectivity index (χ1) is 12.2. The lowest BCUT2D eigenvalue weighted by Gasteiger charge is -2.07. The number of rotatable bonds is 6. The second-order valence-electron chi connectivity index (χ2n) is 5.70. The van der Waals surface area contributed by atoms with E-state index in [0.29, 0.717) is 18.7 Å². The van der Waals surface area contributed by atoms with Crippen molar-refractivity contribution in [1.82, 2.24) is 15.6 Å². The van der Waals surface area contributed by atoms with Crippen LogP contribution in [0.2, 0.25) is 0 Å². The highest BCUT2D eigenvalue weighted by molar-refractivity contribution is 5.98. The van der Waals surface area contributed by atoms with Crippen molar-refractivity contribution in [2.45, 2.75) is 13.0 Å². The van der Waals surface area contributed by atoms with E-state index in [1.165, 1.54) is 0 Å². The first-order valence-corrected chi connectivity index (χ1v) is 8.15. The van der Waals surface area contributed by atoms with E-state index in [2.05, 4.69) is 15.6 Å². The average Bonchev–Trinajstić information content (AvgIpc) is 2.66. The SMILES string of the molecule is O=C(CCNC(=O)c1ccc2ccccc2c1)NCc1ccncc1. The number of nitrogens with zero attached hydrogens (tertiary/aromatic N) is 1. The number of pyridine rings is 1. The second-order valence-corrected chi connectivity index (χ2v) is 5.70. The van der Waals surface area contributed by atoms with E-state index < -0.39 is 0 Å². The molecule has 0 saturated carbocycles. The summed E-state index contributed by atoms with van der Waals surface area (Å²) in [5.41, 5.74) is 1.58. The molecular weight excluding hydrogens is 314 g/mol. The van der Waals surface area contributed by atoms with Crippen LogP contribution in [0.3, 0.4) is 0 Å². The van der Waals surface area contributed by atoms with Gasteiger partial charge in [-0.2, -0.15) is 0 Å². The normalized spacial score (nSPS) is 10.4. The van der Waals surface area contributed by atoms with E-state index in [9.17, 15) is 9.59 Å². The molecule has 0 saturated heterocycles. The smallest absolute Gasteiger partial charge is 0.251 e. The summed E-state index contributed by atoms with van der Waals surface area (Å²) in [5, 5.41) is 7.71. The van der Waals surface area contributed by atoms with Crippen molar-refractivity contribution in [3.05, 3.63) is 78.1 Å². The topological polar surface area (TPSA) is 71.1 Å². The zero-order valence-electron chi connectivity index (χ0n) is 13.7. The van der Waals surface area contributed by atoms with Crippen LogP contribution in [0.4, 0.5) is 0 Å². The molecule has 25 heavy (non-hydrogen) atoms. The van der Waals surface area contributed by atoms with Gasteiger partial charge in [-0.15, -0.1) is 0 Å². The van der Waals surface area contributed by atoms with E-state index in [1.807, 2.05) is 48.5 Å². The van der Waals surface area contributed by atoms with Crippen LogP contribution in [0.15, 0.2) is 67.0 Å². The zero-order chi connectivity index (χ0) is 17.5. The van der Waals surface area contributed by atoms with Crippen molar-refractivity contribution < 1.29 is 9.59 Å². The van der Waals surface area contributed by atoms with Crippen molar-refractivity contribution in [3.8, 4) is 0 Å². The average molecular weight is 333 g/mol. The van der Waals surface area contributed by atoms with Gasteiger partial charge in [0.15, 0.2) is 0 Å². The zero-order valence-corrected chi connectivity index (χ0v) is 13.7. The highest BCUT2D eigenvalue weighted by Crippen LogP contribution is 2.15. The minimum Gasteiger partial charge on any atom is -0.352 e. The molecule has 126 valence electrons.